The molecule has 0 fully saturated rings. The molecule has 1 nitrogen and oxygen atoms in total. The molecule has 2 aromatic carbocycles. The van der Waals surface area contributed by atoms with E-state index in [4.69, 9.17) is 12.6 Å². The first kappa shape index (κ1) is 13.9. The summed E-state index contributed by atoms with van der Waals surface area (Å²) in [6.07, 6.45) is 2.59. The summed E-state index contributed by atoms with van der Waals surface area (Å²) in [6, 6.07) is 26.8. The van der Waals surface area contributed by atoms with Crippen molar-refractivity contribution in [2.75, 3.05) is 0 Å². The van der Waals surface area contributed by atoms with Gasteiger partial charge in [0.1, 0.15) is 0 Å². The van der Waals surface area contributed by atoms with Crippen LogP contribution in [0.4, 0.5) is 0 Å². The van der Waals surface area contributed by atoms with Crippen LogP contribution in [0.5, 0.6) is 0 Å². The smallest absolute Gasteiger partial charge is 0.0682 e. The molecule has 0 amide bonds. The predicted molar refractivity (Wildman–Crippen MR) is 90.6 cm³/mol. The molecule has 0 aliphatic rings. The van der Waals surface area contributed by atoms with E-state index in [0.717, 1.165) is 12.1 Å². The van der Waals surface area contributed by atoms with E-state index in [1.165, 1.54) is 11.1 Å². The third-order valence-corrected chi connectivity index (χ3v) is 4.34. The standard InChI is InChI=1S/C19H17NS/c21-19(16-9-3-1-4-10-16,17-11-5-2-6-12-17)15-18-13-7-8-14-20-18/h1-14,21H,15H2. The first-order chi connectivity index (χ1) is 10.3. The first-order valence-corrected chi connectivity index (χ1v) is 7.47. The van der Waals surface area contributed by atoms with E-state index in [9.17, 15) is 0 Å². The summed E-state index contributed by atoms with van der Waals surface area (Å²) < 4.78 is -0.378. The lowest BCUT2D eigenvalue weighted by Gasteiger charge is -2.29. The van der Waals surface area contributed by atoms with Crippen molar-refractivity contribution in [3.8, 4) is 0 Å². The van der Waals surface area contributed by atoms with Crippen LogP contribution in [-0.4, -0.2) is 4.98 Å². The zero-order valence-corrected chi connectivity index (χ0v) is 12.6. The summed E-state index contributed by atoms with van der Waals surface area (Å²) in [5.41, 5.74) is 3.41. The van der Waals surface area contributed by atoms with Gasteiger partial charge < -0.3 is 0 Å². The van der Waals surface area contributed by atoms with Gasteiger partial charge in [-0.25, -0.2) is 0 Å². The lowest BCUT2D eigenvalue weighted by Crippen LogP contribution is -2.24. The molecule has 0 spiro atoms. The Morgan fingerprint density at radius 1 is 0.714 bits per heavy atom. The Morgan fingerprint density at radius 2 is 1.24 bits per heavy atom. The Kier molecular flexibility index (Phi) is 4.07. The SMILES string of the molecule is SC(Cc1ccccn1)(c1ccccc1)c1ccccc1. The van der Waals surface area contributed by atoms with E-state index in [2.05, 4.69) is 59.6 Å². The van der Waals surface area contributed by atoms with Gasteiger partial charge in [0.25, 0.3) is 0 Å². The quantitative estimate of drug-likeness (QED) is 0.698. The molecule has 2 heteroatoms. The minimum absolute atomic E-state index is 0.378. The molecule has 3 rings (SSSR count). The molecule has 0 aliphatic heterocycles. The summed E-state index contributed by atoms with van der Waals surface area (Å²) in [5, 5.41) is 0. The van der Waals surface area contributed by atoms with Gasteiger partial charge in [-0.2, -0.15) is 12.6 Å². The maximum atomic E-state index is 5.07. The van der Waals surface area contributed by atoms with E-state index in [0.29, 0.717) is 0 Å². The highest BCUT2D eigenvalue weighted by Gasteiger charge is 2.30. The number of hydrogen-bond acceptors (Lipinski definition) is 2. The molecule has 0 saturated heterocycles. The molecule has 1 aromatic heterocycles. The predicted octanol–water partition coefficient (Wildman–Crippen LogP) is 4.50. The molecule has 0 aliphatic carbocycles. The Labute approximate surface area is 131 Å². The number of rotatable bonds is 4. The second kappa shape index (κ2) is 6.15. The number of pyridine rings is 1. The molecule has 0 unspecified atom stereocenters. The van der Waals surface area contributed by atoms with Crippen LogP contribution < -0.4 is 0 Å². The lowest BCUT2D eigenvalue weighted by atomic mass is 9.86. The fourth-order valence-electron chi connectivity index (χ4n) is 2.56. The monoisotopic (exact) mass is 291 g/mol. The minimum atomic E-state index is -0.378. The largest absolute Gasteiger partial charge is 0.261 e. The number of aromatic nitrogens is 1. The van der Waals surface area contributed by atoms with Crippen molar-refractivity contribution in [2.24, 2.45) is 0 Å². The van der Waals surface area contributed by atoms with Gasteiger partial charge >= 0.3 is 0 Å². The fraction of sp³-hybridized carbons (Fsp3) is 0.105. The average molecular weight is 291 g/mol. The molecule has 0 radical (unpaired) electrons. The van der Waals surface area contributed by atoms with Crippen molar-refractivity contribution in [3.05, 3.63) is 102 Å². The molecular weight excluding hydrogens is 274 g/mol. The Hall–Kier alpha value is -2.06. The molecule has 0 saturated carbocycles. The highest BCUT2D eigenvalue weighted by Crippen LogP contribution is 2.38. The van der Waals surface area contributed by atoms with Gasteiger partial charge in [-0.05, 0) is 23.3 Å². The molecule has 0 N–H and O–H groups in total. The molecular formula is C19H17NS. The number of thiol groups is 1. The van der Waals surface area contributed by atoms with E-state index >= 15 is 0 Å². The van der Waals surface area contributed by atoms with Crippen LogP contribution in [0.15, 0.2) is 85.1 Å². The molecule has 0 atom stereocenters. The van der Waals surface area contributed by atoms with E-state index in [1.807, 2.05) is 30.5 Å². The first-order valence-electron chi connectivity index (χ1n) is 7.02. The van der Waals surface area contributed by atoms with E-state index < -0.39 is 0 Å². The van der Waals surface area contributed by atoms with Crippen LogP contribution >= 0.6 is 12.6 Å². The third kappa shape index (κ3) is 3.01. The van der Waals surface area contributed by atoms with Crippen LogP contribution in [-0.2, 0) is 11.2 Å². The van der Waals surface area contributed by atoms with Gasteiger partial charge in [0.2, 0.25) is 0 Å². The van der Waals surface area contributed by atoms with Gasteiger partial charge in [0, 0.05) is 18.3 Å². The zero-order valence-electron chi connectivity index (χ0n) is 11.7. The maximum Gasteiger partial charge on any atom is 0.0682 e. The van der Waals surface area contributed by atoms with Crippen molar-refractivity contribution < 1.29 is 0 Å². The van der Waals surface area contributed by atoms with Crippen LogP contribution in [0.1, 0.15) is 16.8 Å². The molecule has 3 aromatic rings. The van der Waals surface area contributed by atoms with Gasteiger partial charge in [-0.15, -0.1) is 0 Å². The minimum Gasteiger partial charge on any atom is -0.261 e. The Bertz CT molecular complexity index is 641. The third-order valence-electron chi connectivity index (χ3n) is 3.67. The maximum absolute atomic E-state index is 5.07. The number of nitrogens with zero attached hydrogens (tertiary/aromatic N) is 1. The molecule has 104 valence electrons. The normalized spacial score (nSPS) is 11.3. The van der Waals surface area contributed by atoms with Crippen LogP contribution in [0.25, 0.3) is 0 Å². The molecule has 1 heterocycles. The highest BCUT2D eigenvalue weighted by atomic mass is 32.1. The second-order valence-electron chi connectivity index (χ2n) is 5.09. The van der Waals surface area contributed by atoms with Crippen LogP contribution in [0.3, 0.4) is 0 Å². The highest BCUT2D eigenvalue weighted by molar-refractivity contribution is 7.81. The van der Waals surface area contributed by atoms with Crippen molar-refractivity contribution >= 4 is 12.6 Å². The number of hydrogen-bond donors (Lipinski definition) is 1. The fourth-order valence-corrected chi connectivity index (χ4v) is 3.02. The zero-order chi connectivity index (χ0) is 14.5. The van der Waals surface area contributed by atoms with E-state index in [-0.39, 0.29) is 4.75 Å². The van der Waals surface area contributed by atoms with Crippen molar-refractivity contribution in [2.45, 2.75) is 11.2 Å². The molecule has 0 bridgehead atoms. The summed E-state index contributed by atoms with van der Waals surface area (Å²) in [7, 11) is 0. The number of benzene rings is 2. The lowest BCUT2D eigenvalue weighted by molar-refractivity contribution is 0.724. The Morgan fingerprint density at radius 3 is 1.71 bits per heavy atom. The average Bonchev–Trinajstić information content (AvgIpc) is 2.57. The summed E-state index contributed by atoms with van der Waals surface area (Å²) in [4.78, 5) is 4.47. The van der Waals surface area contributed by atoms with E-state index in [1.54, 1.807) is 0 Å². The second-order valence-corrected chi connectivity index (χ2v) is 5.85. The topological polar surface area (TPSA) is 12.9 Å². The summed E-state index contributed by atoms with van der Waals surface area (Å²) in [6.45, 7) is 0. The van der Waals surface area contributed by atoms with Gasteiger partial charge in [-0.1, -0.05) is 66.7 Å². The Balaban J connectivity index is 2.07. The summed E-state index contributed by atoms with van der Waals surface area (Å²) in [5.74, 6) is 0. The van der Waals surface area contributed by atoms with Crippen molar-refractivity contribution in [1.29, 1.82) is 0 Å². The van der Waals surface area contributed by atoms with Crippen molar-refractivity contribution in [3.63, 3.8) is 0 Å². The summed E-state index contributed by atoms with van der Waals surface area (Å²) >= 11 is 5.07. The van der Waals surface area contributed by atoms with Gasteiger partial charge in [0.15, 0.2) is 0 Å². The van der Waals surface area contributed by atoms with Gasteiger partial charge in [-0.3, -0.25) is 4.98 Å². The van der Waals surface area contributed by atoms with Gasteiger partial charge in [0.05, 0.1) is 4.75 Å². The molecule has 21 heavy (non-hydrogen) atoms. The van der Waals surface area contributed by atoms with Crippen LogP contribution in [0, 0.1) is 0 Å². The van der Waals surface area contributed by atoms with Crippen molar-refractivity contribution in [1.82, 2.24) is 4.98 Å². The van der Waals surface area contributed by atoms with Crippen LogP contribution in [0.2, 0.25) is 0 Å².